The Morgan fingerprint density at radius 1 is 1.56 bits per heavy atom. The molecule has 1 aliphatic heterocycles. The van der Waals surface area contributed by atoms with Crippen molar-refractivity contribution in [1.29, 1.82) is 0 Å². The van der Waals surface area contributed by atoms with Gasteiger partial charge in [0.05, 0.1) is 17.8 Å². The van der Waals surface area contributed by atoms with Crippen molar-refractivity contribution < 1.29 is 9.53 Å². The number of hydrogen-bond acceptors (Lipinski definition) is 3. The second-order valence-electron chi connectivity index (χ2n) is 4.87. The van der Waals surface area contributed by atoms with Crippen molar-refractivity contribution in [3.05, 3.63) is 0 Å². The first-order valence-corrected chi connectivity index (χ1v) is 6.33. The molecule has 1 aliphatic carbocycles. The van der Waals surface area contributed by atoms with Crippen LogP contribution < -0.4 is 5.32 Å². The molecule has 0 aromatic heterocycles. The zero-order chi connectivity index (χ0) is 11.8. The highest BCUT2D eigenvalue weighted by Gasteiger charge is 2.58. The van der Waals surface area contributed by atoms with E-state index < -0.39 is 0 Å². The van der Waals surface area contributed by atoms with Crippen molar-refractivity contribution >= 4 is 5.91 Å². The number of carbonyl (C=O) groups excluding carboxylic acids is 1. The number of ether oxygens (including phenoxy) is 1. The maximum absolute atomic E-state index is 12.2. The minimum absolute atomic E-state index is 0.124. The summed E-state index contributed by atoms with van der Waals surface area (Å²) in [7, 11) is 0. The summed E-state index contributed by atoms with van der Waals surface area (Å²) in [6.45, 7) is 7.55. The molecule has 1 heterocycles. The Kier molecular flexibility index (Phi) is 3.22. The van der Waals surface area contributed by atoms with Gasteiger partial charge in [-0.2, -0.15) is 0 Å². The van der Waals surface area contributed by atoms with Gasteiger partial charge in [-0.25, -0.2) is 0 Å². The van der Waals surface area contributed by atoms with Gasteiger partial charge in [0.2, 0.25) is 5.91 Å². The molecular weight excluding hydrogens is 204 g/mol. The Morgan fingerprint density at radius 3 is 2.75 bits per heavy atom. The zero-order valence-electron chi connectivity index (χ0n) is 10.5. The fourth-order valence-corrected chi connectivity index (χ4v) is 2.51. The molecule has 4 nitrogen and oxygen atoms in total. The molecular formula is C12H22N2O2. The lowest BCUT2D eigenvalue weighted by Gasteiger charge is -2.26. The Bertz CT molecular complexity index is 276. The van der Waals surface area contributed by atoms with Gasteiger partial charge in [0.15, 0.2) is 0 Å². The van der Waals surface area contributed by atoms with Crippen LogP contribution in [0.2, 0.25) is 0 Å². The molecule has 1 amide bonds. The summed E-state index contributed by atoms with van der Waals surface area (Å²) in [5, 5.41) is 3.46. The quantitative estimate of drug-likeness (QED) is 0.763. The predicted octanol–water partition coefficient (Wildman–Crippen LogP) is 1.11. The van der Waals surface area contributed by atoms with Crippen molar-refractivity contribution in [1.82, 2.24) is 10.2 Å². The van der Waals surface area contributed by atoms with Crippen LogP contribution in [0.25, 0.3) is 0 Å². The summed E-state index contributed by atoms with van der Waals surface area (Å²) < 4.78 is 5.51. The topological polar surface area (TPSA) is 41.6 Å². The first kappa shape index (κ1) is 11.9. The minimum Gasteiger partial charge on any atom is -0.377 e. The van der Waals surface area contributed by atoms with Crippen LogP contribution in [0.5, 0.6) is 0 Å². The van der Waals surface area contributed by atoms with E-state index >= 15 is 0 Å². The van der Waals surface area contributed by atoms with E-state index in [1.54, 1.807) is 0 Å². The number of nitrogens with one attached hydrogen (secondary N) is 1. The van der Waals surface area contributed by atoms with Gasteiger partial charge >= 0.3 is 0 Å². The molecule has 2 fully saturated rings. The molecule has 4 heteroatoms. The van der Waals surface area contributed by atoms with E-state index in [4.69, 9.17) is 4.74 Å². The van der Waals surface area contributed by atoms with Crippen molar-refractivity contribution in [3.8, 4) is 0 Å². The monoisotopic (exact) mass is 226 g/mol. The van der Waals surface area contributed by atoms with Crippen LogP contribution in [-0.4, -0.2) is 41.8 Å². The molecule has 1 spiro atoms. The largest absolute Gasteiger partial charge is 0.377 e. The molecule has 16 heavy (non-hydrogen) atoms. The second-order valence-corrected chi connectivity index (χ2v) is 4.87. The summed E-state index contributed by atoms with van der Waals surface area (Å²) in [5.74, 6) is 0.283. The first-order chi connectivity index (χ1) is 7.63. The number of carbonyl (C=O) groups is 1. The smallest absolute Gasteiger partial charge is 0.244 e. The minimum atomic E-state index is -0.188. The average Bonchev–Trinajstić information content (AvgIpc) is 2.98. The summed E-state index contributed by atoms with van der Waals surface area (Å²) in [6.07, 6.45) is 3.30. The van der Waals surface area contributed by atoms with E-state index in [0.29, 0.717) is 13.2 Å². The predicted molar refractivity (Wildman–Crippen MR) is 62.0 cm³/mol. The standard InChI is InChI=1S/C12H22N2O2/c1-4-10-13-12(6-7-12)11(15)14(10)8-9(3)16-5-2/h9-10,13H,4-8H2,1-3H3. The van der Waals surface area contributed by atoms with Crippen LogP contribution in [0.3, 0.4) is 0 Å². The molecule has 0 bridgehead atoms. The molecule has 2 rings (SSSR count). The molecule has 2 aliphatic rings. The molecule has 1 N–H and O–H groups in total. The number of nitrogens with zero attached hydrogens (tertiary/aromatic N) is 1. The maximum Gasteiger partial charge on any atom is 0.244 e. The maximum atomic E-state index is 12.2. The number of rotatable bonds is 5. The zero-order valence-corrected chi connectivity index (χ0v) is 10.5. The van der Waals surface area contributed by atoms with E-state index in [1.165, 1.54) is 0 Å². The van der Waals surface area contributed by atoms with Crippen LogP contribution in [0, 0.1) is 0 Å². The van der Waals surface area contributed by atoms with Crippen LogP contribution in [0.15, 0.2) is 0 Å². The van der Waals surface area contributed by atoms with Gasteiger partial charge < -0.3 is 9.64 Å². The first-order valence-electron chi connectivity index (χ1n) is 6.33. The normalized spacial score (nSPS) is 28.8. The Labute approximate surface area is 97.3 Å². The molecule has 0 aromatic rings. The summed E-state index contributed by atoms with van der Waals surface area (Å²) in [5.41, 5.74) is -0.188. The van der Waals surface area contributed by atoms with Gasteiger partial charge in [0, 0.05) is 13.2 Å². The Morgan fingerprint density at radius 2 is 2.25 bits per heavy atom. The fourth-order valence-electron chi connectivity index (χ4n) is 2.51. The van der Waals surface area contributed by atoms with E-state index in [-0.39, 0.29) is 23.7 Å². The van der Waals surface area contributed by atoms with Crippen LogP contribution in [0.1, 0.15) is 40.0 Å². The van der Waals surface area contributed by atoms with Gasteiger partial charge in [0.25, 0.3) is 0 Å². The lowest BCUT2D eigenvalue weighted by Crippen LogP contribution is -2.41. The molecule has 1 saturated heterocycles. The lowest BCUT2D eigenvalue weighted by atomic mass is 10.2. The number of amides is 1. The van der Waals surface area contributed by atoms with Crippen LogP contribution in [-0.2, 0) is 9.53 Å². The summed E-state index contributed by atoms with van der Waals surface area (Å²) >= 11 is 0. The molecule has 0 aromatic carbocycles. The molecule has 92 valence electrons. The van der Waals surface area contributed by atoms with Gasteiger partial charge in [0.1, 0.15) is 0 Å². The highest BCUT2D eigenvalue weighted by molar-refractivity contribution is 5.91. The number of hydrogen-bond donors (Lipinski definition) is 1. The fraction of sp³-hybridized carbons (Fsp3) is 0.917. The summed E-state index contributed by atoms with van der Waals surface area (Å²) in [4.78, 5) is 14.2. The highest BCUT2D eigenvalue weighted by atomic mass is 16.5. The second kappa shape index (κ2) is 4.34. The third kappa shape index (κ3) is 1.96. The van der Waals surface area contributed by atoms with Crippen molar-refractivity contribution in [2.75, 3.05) is 13.2 Å². The van der Waals surface area contributed by atoms with E-state index in [1.807, 2.05) is 18.7 Å². The van der Waals surface area contributed by atoms with Crippen molar-refractivity contribution in [3.63, 3.8) is 0 Å². The van der Waals surface area contributed by atoms with E-state index in [2.05, 4.69) is 12.2 Å². The molecule has 2 unspecified atom stereocenters. The van der Waals surface area contributed by atoms with Gasteiger partial charge in [-0.05, 0) is 33.1 Å². The highest BCUT2D eigenvalue weighted by Crippen LogP contribution is 2.42. The van der Waals surface area contributed by atoms with Gasteiger partial charge in [-0.3, -0.25) is 10.1 Å². The van der Waals surface area contributed by atoms with Gasteiger partial charge in [-0.1, -0.05) is 6.92 Å². The van der Waals surface area contributed by atoms with Crippen LogP contribution >= 0.6 is 0 Å². The Hall–Kier alpha value is -0.610. The summed E-state index contributed by atoms with van der Waals surface area (Å²) in [6, 6.07) is 0. The average molecular weight is 226 g/mol. The molecule has 0 radical (unpaired) electrons. The van der Waals surface area contributed by atoms with Crippen molar-refractivity contribution in [2.24, 2.45) is 0 Å². The van der Waals surface area contributed by atoms with Gasteiger partial charge in [-0.15, -0.1) is 0 Å². The third-order valence-electron chi connectivity index (χ3n) is 3.53. The lowest BCUT2D eigenvalue weighted by molar-refractivity contribution is -0.132. The van der Waals surface area contributed by atoms with Crippen molar-refractivity contribution in [2.45, 2.75) is 57.8 Å². The third-order valence-corrected chi connectivity index (χ3v) is 3.53. The van der Waals surface area contributed by atoms with E-state index in [9.17, 15) is 4.79 Å². The molecule has 1 saturated carbocycles. The molecule has 2 atom stereocenters. The van der Waals surface area contributed by atoms with E-state index in [0.717, 1.165) is 19.3 Å². The SMILES string of the molecule is CCOC(C)CN1C(=O)C2(CC2)NC1CC. The Balaban J connectivity index is 1.98. The van der Waals surface area contributed by atoms with Crippen LogP contribution in [0.4, 0.5) is 0 Å².